The average molecular weight is 427 g/mol. The molecule has 1 saturated carbocycles. The van der Waals surface area contributed by atoms with Gasteiger partial charge in [-0.25, -0.2) is 14.6 Å². The van der Waals surface area contributed by atoms with Crippen LogP contribution in [0.2, 0.25) is 5.15 Å². The van der Waals surface area contributed by atoms with E-state index in [4.69, 9.17) is 25.9 Å². The molecule has 4 aromatic rings. The number of nitrogens with one attached hydrogen (secondary N) is 1. The van der Waals surface area contributed by atoms with E-state index < -0.39 is 0 Å². The maximum Gasteiger partial charge on any atom is 0.257 e. The van der Waals surface area contributed by atoms with Crippen molar-refractivity contribution < 1.29 is 9.15 Å². The van der Waals surface area contributed by atoms with Gasteiger partial charge in [0.05, 0.1) is 17.7 Å². The van der Waals surface area contributed by atoms with E-state index in [0.29, 0.717) is 53.5 Å². The molecule has 2 bridgehead atoms. The third-order valence-electron chi connectivity index (χ3n) is 5.36. The van der Waals surface area contributed by atoms with Gasteiger partial charge in [-0.05, 0) is 19.8 Å². The Morgan fingerprint density at radius 1 is 1.20 bits per heavy atom. The van der Waals surface area contributed by atoms with Crippen LogP contribution in [-0.2, 0) is 6.54 Å². The number of hydrogen-bond acceptors (Lipinski definition) is 8. The molecule has 5 heterocycles. The zero-order valence-electron chi connectivity index (χ0n) is 16.5. The summed E-state index contributed by atoms with van der Waals surface area (Å²) in [6.07, 6.45) is 4.58. The van der Waals surface area contributed by atoms with Crippen LogP contribution < -0.4 is 10.1 Å². The first kappa shape index (κ1) is 17.7. The summed E-state index contributed by atoms with van der Waals surface area (Å²) < 4.78 is 15.5. The molecule has 0 aromatic carbocycles. The van der Waals surface area contributed by atoms with E-state index in [-0.39, 0.29) is 0 Å². The average Bonchev–Trinajstić information content (AvgIpc) is 3.33. The number of ether oxygens (including phenoxy) is 1. The highest BCUT2D eigenvalue weighted by molar-refractivity contribution is 6.34. The van der Waals surface area contributed by atoms with E-state index in [1.54, 1.807) is 10.9 Å². The second kappa shape index (κ2) is 6.43. The number of hydrogen-bond donors (Lipinski definition) is 1. The van der Waals surface area contributed by atoms with E-state index in [1.807, 2.05) is 18.5 Å². The van der Waals surface area contributed by atoms with Crippen molar-refractivity contribution in [1.29, 1.82) is 0 Å². The summed E-state index contributed by atoms with van der Waals surface area (Å²) in [5, 5.41) is 13.6. The molecule has 1 N–H and O–H groups in total. The van der Waals surface area contributed by atoms with Crippen molar-refractivity contribution in [3.63, 3.8) is 0 Å². The Morgan fingerprint density at radius 3 is 2.83 bits per heavy atom. The van der Waals surface area contributed by atoms with Gasteiger partial charge in [-0.15, -0.1) is 5.10 Å². The number of aromatic nitrogens is 7. The summed E-state index contributed by atoms with van der Waals surface area (Å²) in [7, 11) is 0. The first-order valence-electron chi connectivity index (χ1n) is 9.94. The van der Waals surface area contributed by atoms with Gasteiger partial charge in [-0.1, -0.05) is 11.6 Å². The normalized spacial score (nSPS) is 16.2. The van der Waals surface area contributed by atoms with Gasteiger partial charge < -0.3 is 14.5 Å². The topological polar surface area (TPSA) is 109 Å². The van der Waals surface area contributed by atoms with Gasteiger partial charge in [0.15, 0.2) is 16.7 Å². The Balaban J connectivity index is 1.53. The zero-order chi connectivity index (χ0) is 20.4. The Bertz CT molecular complexity index is 1290. The molecule has 0 saturated heterocycles. The van der Waals surface area contributed by atoms with E-state index in [1.165, 1.54) is 0 Å². The third kappa shape index (κ3) is 2.74. The molecule has 4 aromatic heterocycles. The number of oxazole rings is 1. The Morgan fingerprint density at radius 2 is 2.07 bits per heavy atom. The Labute approximate surface area is 176 Å². The van der Waals surface area contributed by atoms with Crippen LogP contribution in [0, 0.1) is 13.8 Å². The first-order valence-corrected chi connectivity index (χ1v) is 10.3. The van der Waals surface area contributed by atoms with E-state index in [9.17, 15) is 0 Å². The Hall–Kier alpha value is -3.14. The summed E-state index contributed by atoms with van der Waals surface area (Å²) in [4.78, 5) is 13.5. The van der Waals surface area contributed by atoms with Gasteiger partial charge in [-0.3, -0.25) is 0 Å². The van der Waals surface area contributed by atoms with Gasteiger partial charge in [0, 0.05) is 32.0 Å². The molecule has 0 amide bonds. The molecule has 1 aliphatic heterocycles. The molecule has 0 radical (unpaired) electrons. The minimum absolute atomic E-state index is 0.357. The number of rotatable bonds is 2. The van der Waals surface area contributed by atoms with E-state index in [2.05, 4.69) is 25.4 Å². The van der Waals surface area contributed by atoms with Gasteiger partial charge in [0.2, 0.25) is 11.8 Å². The molecule has 6 rings (SSSR count). The lowest BCUT2D eigenvalue weighted by Gasteiger charge is -2.09. The number of nitrogens with zero attached hydrogens (tertiary/aromatic N) is 7. The van der Waals surface area contributed by atoms with Crippen molar-refractivity contribution in [3.8, 4) is 11.8 Å². The molecule has 154 valence electrons. The predicted octanol–water partition coefficient (Wildman–Crippen LogP) is 3.67. The van der Waals surface area contributed by atoms with Crippen molar-refractivity contribution in [2.45, 2.75) is 45.6 Å². The first-order chi connectivity index (χ1) is 14.6. The van der Waals surface area contributed by atoms with Crippen LogP contribution >= 0.6 is 11.6 Å². The Kier molecular flexibility index (Phi) is 3.79. The number of fused-ring (bicyclic) bond motifs is 2. The fourth-order valence-electron chi connectivity index (χ4n) is 3.87. The van der Waals surface area contributed by atoms with Crippen LogP contribution in [0.5, 0.6) is 5.88 Å². The SMILES string of the molecule is Cc1nc(C)c(-n2nc3c(c2C2CC2)Nc2ncc4c(Cl)nn(c4n2)CCCO3)o1. The highest BCUT2D eigenvalue weighted by Crippen LogP contribution is 2.48. The monoisotopic (exact) mass is 426 g/mol. The largest absolute Gasteiger partial charge is 0.475 e. The van der Waals surface area contributed by atoms with Crippen LogP contribution in [0.15, 0.2) is 10.6 Å². The van der Waals surface area contributed by atoms with Gasteiger partial charge in [0.25, 0.3) is 5.88 Å². The van der Waals surface area contributed by atoms with Gasteiger partial charge >= 0.3 is 0 Å². The van der Waals surface area contributed by atoms with Crippen molar-refractivity contribution in [2.24, 2.45) is 0 Å². The minimum atomic E-state index is 0.357. The molecule has 1 aliphatic carbocycles. The minimum Gasteiger partial charge on any atom is -0.475 e. The lowest BCUT2D eigenvalue weighted by atomic mass is 10.2. The quantitative estimate of drug-likeness (QED) is 0.517. The smallest absolute Gasteiger partial charge is 0.257 e. The molecule has 1 fully saturated rings. The van der Waals surface area contributed by atoms with E-state index in [0.717, 1.165) is 41.7 Å². The molecule has 0 atom stereocenters. The fourth-order valence-corrected chi connectivity index (χ4v) is 4.09. The van der Waals surface area contributed by atoms with Crippen LogP contribution in [0.3, 0.4) is 0 Å². The van der Waals surface area contributed by atoms with Crippen LogP contribution in [0.1, 0.15) is 42.5 Å². The second-order valence-electron chi connectivity index (χ2n) is 7.65. The molecule has 2 aliphatic rings. The fraction of sp³-hybridized carbons (Fsp3) is 0.421. The highest BCUT2D eigenvalue weighted by Gasteiger charge is 2.36. The molecule has 11 heteroatoms. The summed E-state index contributed by atoms with van der Waals surface area (Å²) in [6.45, 7) is 4.85. The van der Waals surface area contributed by atoms with Gasteiger partial charge in [0.1, 0.15) is 11.4 Å². The van der Waals surface area contributed by atoms with Crippen molar-refractivity contribution in [1.82, 2.24) is 34.5 Å². The third-order valence-corrected chi connectivity index (χ3v) is 5.64. The standard InChI is InChI=1S/C19H19ClN8O2/c1-9-18(30-10(2)22-9)28-14(11-4-5-11)13-17(26-28)29-7-3-6-27-16-12(15(20)25-27)8-21-19(23-13)24-16/h8,11H,3-7H2,1-2H3,(H,21,23,24). The molecule has 0 spiro atoms. The van der Waals surface area contributed by atoms with Crippen molar-refractivity contribution in [2.75, 3.05) is 11.9 Å². The van der Waals surface area contributed by atoms with Crippen LogP contribution in [-0.4, -0.2) is 41.1 Å². The molecular formula is C19H19ClN8O2. The number of anilines is 2. The lowest BCUT2D eigenvalue weighted by molar-refractivity contribution is 0.287. The summed E-state index contributed by atoms with van der Waals surface area (Å²) in [6, 6.07) is 0. The molecule has 0 unspecified atom stereocenters. The second-order valence-corrected chi connectivity index (χ2v) is 8.00. The van der Waals surface area contributed by atoms with E-state index >= 15 is 0 Å². The van der Waals surface area contributed by atoms with Crippen molar-refractivity contribution >= 4 is 34.3 Å². The van der Waals surface area contributed by atoms with Gasteiger partial charge in [-0.2, -0.15) is 14.8 Å². The maximum absolute atomic E-state index is 6.25. The maximum atomic E-state index is 6.25. The highest BCUT2D eigenvalue weighted by atomic mass is 35.5. The molecule has 10 nitrogen and oxygen atoms in total. The number of halogens is 1. The summed E-state index contributed by atoms with van der Waals surface area (Å²) in [5.74, 6) is 2.52. The zero-order valence-corrected chi connectivity index (χ0v) is 17.3. The predicted molar refractivity (Wildman–Crippen MR) is 109 cm³/mol. The number of aryl methyl sites for hydroxylation is 3. The van der Waals surface area contributed by atoms with Crippen LogP contribution in [0.25, 0.3) is 16.9 Å². The van der Waals surface area contributed by atoms with Crippen molar-refractivity contribution in [3.05, 3.63) is 28.6 Å². The summed E-state index contributed by atoms with van der Waals surface area (Å²) in [5.41, 5.74) is 3.25. The molecular weight excluding hydrogens is 408 g/mol. The summed E-state index contributed by atoms with van der Waals surface area (Å²) >= 11 is 6.25. The molecule has 30 heavy (non-hydrogen) atoms. The lowest BCUT2D eigenvalue weighted by Crippen LogP contribution is -2.07. The van der Waals surface area contributed by atoms with Crippen LogP contribution in [0.4, 0.5) is 11.6 Å².